The number of aliphatic hydroxyl groups is 1. The van der Waals surface area contributed by atoms with Crippen molar-refractivity contribution < 1.29 is 20.1 Å². The van der Waals surface area contributed by atoms with Crippen LogP contribution in [0.5, 0.6) is 17.2 Å². The Labute approximate surface area is 110 Å². The van der Waals surface area contributed by atoms with Gasteiger partial charge in [0, 0.05) is 18.1 Å². The number of fused-ring (bicyclic) bond motifs is 1. The summed E-state index contributed by atoms with van der Waals surface area (Å²) in [6.45, 7) is 0.0427. The van der Waals surface area contributed by atoms with Gasteiger partial charge in [-0.25, -0.2) is 0 Å². The highest BCUT2D eigenvalue weighted by atomic mass is 16.5. The van der Waals surface area contributed by atoms with Gasteiger partial charge in [-0.15, -0.1) is 0 Å². The molecule has 0 bridgehead atoms. The van der Waals surface area contributed by atoms with Crippen LogP contribution in [0.4, 0.5) is 0 Å². The van der Waals surface area contributed by atoms with Crippen molar-refractivity contribution in [1.29, 1.82) is 0 Å². The number of hydrogen-bond donors (Lipinski definition) is 3. The van der Waals surface area contributed by atoms with E-state index in [1.54, 1.807) is 36.4 Å². The Kier molecular flexibility index (Phi) is 2.61. The molecule has 0 saturated heterocycles. The van der Waals surface area contributed by atoms with Crippen molar-refractivity contribution in [1.82, 2.24) is 0 Å². The molecular weight excluding hydrogens is 244 g/mol. The molecule has 1 aliphatic heterocycles. The highest BCUT2D eigenvalue weighted by molar-refractivity contribution is 5.46. The molecular formula is C15H14O4. The predicted molar refractivity (Wildman–Crippen MR) is 69.3 cm³/mol. The molecule has 0 spiro atoms. The van der Waals surface area contributed by atoms with Crippen LogP contribution in [0.15, 0.2) is 42.5 Å². The summed E-state index contributed by atoms with van der Waals surface area (Å²) < 4.78 is 5.51. The van der Waals surface area contributed by atoms with Gasteiger partial charge in [0.1, 0.15) is 29.5 Å². The third kappa shape index (κ3) is 2.00. The summed E-state index contributed by atoms with van der Waals surface area (Å²) in [4.78, 5) is 0. The summed E-state index contributed by atoms with van der Waals surface area (Å²) in [7, 11) is 0. The maximum atomic E-state index is 10.7. The van der Waals surface area contributed by atoms with Gasteiger partial charge in [0.05, 0.1) is 0 Å². The maximum Gasteiger partial charge on any atom is 0.131 e. The van der Waals surface area contributed by atoms with Gasteiger partial charge in [-0.2, -0.15) is 0 Å². The lowest BCUT2D eigenvalue weighted by molar-refractivity contribution is -0.0233. The second-order valence-corrected chi connectivity index (χ2v) is 4.81. The van der Waals surface area contributed by atoms with Crippen LogP contribution >= 0.6 is 0 Å². The molecule has 2 aromatic rings. The van der Waals surface area contributed by atoms with Crippen LogP contribution in [0.2, 0.25) is 0 Å². The van der Waals surface area contributed by atoms with E-state index in [9.17, 15) is 15.3 Å². The summed E-state index contributed by atoms with van der Waals surface area (Å²) in [5, 5.41) is 30.0. The maximum absolute atomic E-state index is 10.7. The zero-order valence-electron chi connectivity index (χ0n) is 10.2. The van der Waals surface area contributed by atoms with E-state index in [1.165, 1.54) is 6.07 Å². The van der Waals surface area contributed by atoms with E-state index in [4.69, 9.17) is 4.74 Å². The lowest BCUT2D eigenvalue weighted by Gasteiger charge is -2.34. The quantitative estimate of drug-likeness (QED) is 0.731. The van der Waals surface area contributed by atoms with Crippen LogP contribution in [0.3, 0.4) is 0 Å². The van der Waals surface area contributed by atoms with Crippen LogP contribution in [0.25, 0.3) is 0 Å². The van der Waals surface area contributed by atoms with E-state index < -0.39 is 5.60 Å². The van der Waals surface area contributed by atoms with Crippen LogP contribution in [-0.4, -0.2) is 21.9 Å². The molecule has 19 heavy (non-hydrogen) atoms. The number of phenols is 2. The van der Waals surface area contributed by atoms with Crippen molar-refractivity contribution >= 4 is 0 Å². The average molecular weight is 258 g/mol. The van der Waals surface area contributed by atoms with Gasteiger partial charge in [-0.05, 0) is 17.7 Å². The SMILES string of the molecule is Oc1ccc2c(c1)OCC(O)(c1ccccc1O)C2. The van der Waals surface area contributed by atoms with Gasteiger partial charge in [-0.1, -0.05) is 24.3 Å². The van der Waals surface area contributed by atoms with E-state index in [0.717, 1.165) is 5.56 Å². The van der Waals surface area contributed by atoms with Gasteiger partial charge in [-0.3, -0.25) is 0 Å². The fourth-order valence-electron chi connectivity index (χ4n) is 2.43. The normalized spacial score (nSPS) is 21.5. The van der Waals surface area contributed by atoms with Crippen LogP contribution in [0, 0.1) is 0 Å². The minimum Gasteiger partial charge on any atom is -0.508 e. The minimum absolute atomic E-state index is 0.0427. The highest BCUT2D eigenvalue weighted by Crippen LogP contribution is 2.39. The zero-order chi connectivity index (χ0) is 13.5. The number of benzene rings is 2. The molecule has 4 heteroatoms. The van der Waals surface area contributed by atoms with Crippen molar-refractivity contribution in [2.75, 3.05) is 6.61 Å². The van der Waals surface area contributed by atoms with Crippen LogP contribution in [-0.2, 0) is 12.0 Å². The number of phenolic OH excluding ortho intramolecular Hbond substituents is 2. The minimum atomic E-state index is -1.25. The lowest BCUT2D eigenvalue weighted by Crippen LogP contribution is -2.38. The van der Waals surface area contributed by atoms with Gasteiger partial charge in [0.25, 0.3) is 0 Å². The Morgan fingerprint density at radius 1 is 1.05 bits per heavy atom. The number of rotatable bonds is 1. The molecule has 0 fully saturated rings. The van der Waals surface area contributed by atoms with E-state index in [-0.39, 0.29) is 18.1 Å². The summed E-state index contributed by atoms with van der Waals surface area (Å²) >= 11 is 0. The Hall–Kier alpha value is -2.20. The second kappa shape index (κ2) is 4.17. The van der Waals surface area contributed by atoms with Gasteiger partial charge in [0.15, 0.2) is 0 Å². The molecule has 3 rings (SSSR count). The van der Waals surface area contributed by atoms with E-state index in [2.05, 4.69) is 0 Å². The number of hydrogen-bond acceptors (Lipinski definition) is 4. The molecule has 2 aromatic carbocycles. The molecule has 1 unspecified atom stereocenters. The largest absolute Gasteiger partial charge is 0.508 e. The molecule has 4 nitrogen and oxygen atoms in total. The van der Waals surface area contributed by atoms with Gasteiger partial charge >= 0.3 is 0 Å². The van der Waals surface area contributed by atoms with Crippen molar-refractivity contribution in [3.63, 3.8) is 0 Å². The van der Waals surface area contributed by atoms with E-state index >= 15 is 0 Å². The molecule has 0 saturated carbocycles. The zero-order valence-corrected chi connectivity index (χ0v) is 10.2. The van der Waals surface area contributed by atoms with E-state index in [0.29, 0.717) is 17.7 Å². The monoisotopic (exact) mass is 258 g/mol. The average Bonchev–Trinajstić information content (AvgIpc) is 2.40. The smallest absolute Gasteiger partial charge is 0.131 e. The van der Waals surface area contributed by atoms with Crippen molar-refractivity contribution in [2.45, 2.75) is 12.0 Å². The Morgan fingerprint density at radius 2 is 1.84 bits per heavy atom. The molecule has 98 valence electrons. The molecule has 3 N–H and O–H groups in total. The van der Waals surface area contributed by atoms with Crippen molar-refractivity contribution in [2.24, 2.45) is 0 Å². The number of aromatic hydroxyl groups is 2. The van der Waals surface area contributed by atoms with Gasteiger partial charge in [0.2, 0.25) is 0 Å². The highest BCUT2D eigenvalue weighted by Gasteiger charge is 2.37. The standard InChI is InChI=1S/C15H14O4/c16-11-6-5-10-8-15(18,9-19-14(10)7-11)12-3-1-2-4-13(12)17/h1-7,16-18H,8-9H2. The molecule has 1 aliphatic rings. The molecule has 0 aliphatic carbocycles. The lowest BCUT2D eigenvalue weighted by atomic mass is 9.85. The number of ether oxygens (including phenoxy) is 1. The molecule has 0 aromatic heterocycles. The summed E-state index contributed by atoms with van der Waals surface area (Å²) in [6, 6.07) is 11.5. The summed E-state index contributed by atoms with van der Waals surface area (Å²) in [5.41, 5.74) is -0.00138. The van der Waals surface area contributed by atoms with Crippen molar-refractivity contribution in [3.8, 4) is 17.2 Å². The fourth-order valence-corrected chi connectivity index (χ4v) is 2.43. The first-order valence-corrected chi connectivity index (χ1v) is 6.04. The summed E-state index contributed by atoms with van der Waals surface area (Å²) in [5.74, 6) is 0.752. The first-order valence-electron chi connectivity index (χ1n) is 6.04. The molecule has 0 radical (unpaired) electrons. The predicted octanol–water partition coefficient (Wildman–Crippen LogP) is 1.92. The molecule has 0 amide bonds. The van der Waals surface area contributed by atoms with Crippen molar-refractivity contribution in [3.05, 3.63) is 53.6 Å². The Balaban J connectivity index is 2.01. The Morgan fingerprint density at radius 3 is 2.63 bits per heavy atom. The van der Waals surface area contributed by atoms with Crippen LogP contribution in [0.1, 0.15) is 11.1 Å². The van der Waals surface area contributed by atoms with E-state index in [1.807, 2.05) is 0 Å². The molecule has 1 heterocycles. The molecule has 1 atom stereocenters. The summed E-state index contributed by atoms with van der Waals surface area (Å²) in [6.07, 6.45) is 0.334. The fraction of sp³-hybridized carbons (Fsp3) is 0.200. The first-order chi connectivity index (χ1) is 9.08. The third-order valence-electron chi connectivity index (χ3n) is 3.41. The van der Waals surface area contributed by atoms with Gasteiger partial charge < -0.3 is 20.1 Å². The first kappa shape index (κ1) is 11.9. The third-order valence-corrected chi connectivity index (χ3v) is 3.41. The van der Waals surface area contributed by atoms with Crippen LogP contribution < -0.4 is 4.74 Å². The second-order valence-electron chi connectivity index (χ2n) is 4.81. The topological polar surface area (TPSA) is 69.9 Å². The Bertz CT molecular complexity index is 623. The number of para-hydroxylation sites is 1.